The maximum Gasteiger partial charge on any atom is 0.251 e. The zero-order valence-corrected chi connectivity index (χ0v) is 12.8. The van der Waals surface area contributed by atoms with Crippen molar-refractivity contribution in [1.82, 2.24) is 5.32 Å². The molecule has 0 aliphatic carbocycles. The first-order valence-corrected chi connectivity index (χ1v) is 7.04. The highest BCUT2D eigenvalue weighted by Crippen LogP contribution is 2.17. The molecule has 114 valence electrons. The molecule has 2 aromatic rings. The largest absolute Gasteiger partial charge is 0.343 e. The predicted molar refractivity (Wildman–Crippen MR) is 81.5 cm³/mol. The first-order valence-electron chi connectivity index (χ1n) is 6.25. The van der Waals surface area contributed by atoms with Gasteiger partial charge in [-0.1, -0.05) is 28.1 Å². The first kappa shape index (κ1) is 16.1. The van der Waals surface area contributed by atoms with Gasteiger partial charge in [0.1, 0.15) is 17.3 Å². The van der Waals surface area contributed by atoms with E-state index in [4.69, 9.17) is 0 Å². The highest BCUT2D eigenvalue weighted by molar-refractivity contribution is 9.10. The summed E-state index contributed by atoms with van der Waals surface area (Å²) >= 11 is 3.23. The average Bonchev–Trinajstić information content (AvgIpc) is 2.48. The molecule has 0 spiro atoms. The van der Waals surface area contributed by atoms with E-state index in [2.05, 4.69) is 26.6 Å². The summed E-state index contributed by atoms with van der Waals surface area (Å²) in [5.74, 6) is -2.96. The topological polar surface area (TPSA) is 58.2 Å². The monoisotopic (exact) mass is 368 g/mol. The number of carbonyl (C=O) groups excluding carboxylic acids is 2. The summed E-state index contributed by atoms with van der Waals surface area (Å²) in [4.78, 5) is 23.5. The molecular formula is C15H11BrF2N2O2. The molecule has 22 heavy (non-hydrogen) atoms. The maximum atomic E-state index is 13.4. The molecule has 7 heteroatoms. The fourth-order valence-electron chi connectivity index (χ4n) is 1.69. The number of benzene rings is 2. The van der Waals surface area contributed by atoms with Crippen molar-refractivity contribution in [2.75, 3.05) is 11.9 Å². The van der Waals surface area contributed by atoms with Crippen LogP contribution in [0.2, 0.25) is 0 Å². The van der Waals surface area contributed by atoms with Gasteiger partial charge >= 0.3 is 0 Å². The molecule has 0 bridgehead atoms. The third-order valence-electron chi connectivity index (χ3n) is 2.72. The maximum absolute atomic E-state index is 13.4. The third kappa shape index (κ3) is 4.11. The van der Waals surface area contributed by atoms with Crippen molar-refractivity contribution in [3.8, 4) is 0 Å². The minimum absolute atomic E-state index is 0.360. The van der Waals surface area contributed by atoms with Crippen molar-refractivity contribution >= 4 is 33.4 Å². The summed E-state index contributed by atoms with van der Waals surface area (Å²) in [6.07, 6.45) is 0. The van der Waals surface area contributed by atoms with Gasteiger partial charge < -0.3 is 10.6 Å². The summed E-state index contributed by atoms with van der Waals surface area (Å²) in [6.45, 7) is -0.404. The van der Waals surface area contributed by atoms with Gasteiger partial charge in [0.15, 0.2) is 0 Å². The molecule has 0 aliphatic rings. The van der Waals surface area contributed by atoms with E-state index in [1.54, 1.807) is 24.3 Å². The number of carbonyl (C=O) groups is 2. The summed E-state index contributed by atoms with van der Waals surface area (Å²) in [5.41, 5.74) is -0.177. The molecule has 0 aromatic heterocycles. The average molecular weight is 369 g/mol. The molecule has 0 heterocycles. The molecule has 2 amide bonds. The van der Waals surface area contributed by atoms with Gasteiger partial charge in [0.25, 0.3) is 5.91 Å². The van der Waals surface area contributed by atoms with Gasteiger partial charge in [-0.15, -0.1) is 0 Å². The molecule has 0 radical (unpaired) electrons. The lowest BCUT2D eigenvalue weighted by Crippen LogP contribution is -2.33. The van der Waals surface area contributed by atoms with Gasteiger partial charge in [0.2, 0.25) is 5.91 Å². The second-order valence-electron chi connectivity index (χ2n) is 4.34. The van der Waals surface area contributed by atoms with Crippen LogP contribution in [0.15, 0.2) is 46.9 Å². The van der Waals surface area contributed by atoms with Crippen LogP contribution in [-0.2, 0) is 4.79 Å². The van der Waals surface area contributed by atoms with Crippen LogP contribution in [0.25, 0.3) is 0 Å². The van der Waals surface area contributed by atoms with E-state index in [0.717, 1.165) is 16.6 Å². The van der Waals surface area contributed by atoms with E-state index in [-0.39, 0.29) is 0 Å². The number of nitrogens with one attached hydrogen (secondary N) is 2. The molecule has 4 nitrogen and oxygen atoms in total. The Morgan fingerprint density at radius 3 is 2.32 bits per heavy atom. The van der Waals surface area contributed by atoms with Gasteiger partial charge in [0.05, 0.1) is 6.54 Å². The van der Waals surface area contributed by atoms with E-state index in [0.29, 0.717) is 5.56 Å². The normalized spacial score (nSPS) is 10.1. The van der Waals surface area contributed by atoms with Crippen LogP contribution in [0.3, 0.4) is 0 Å². The number of hydrogen-bond donors (Lipinski definition) is 2. The van der Waals surface area contributed by atoms with E-state index < -0.39 is 35.7 Å². The second kappa shape index (κ2) is 7.13. The predicted octanol–water partition coefficient (Wildman–Crippen LogP) is 3.10. The molecular weight excluding hydrogens is 358 g/mol. The van der Waals surface area contributed by atoms with Crippen molar-refractivity contribution < 1.29 is 18.4 Å². The highest BCUT2D eigenvalue weighted by atomic mass is 79.9. The van der Waals surface area contributed by atoms with Crippen molar-refractivity contribution in [3.05, 3.63) is 64.1 Å². The minimum atomic E-state index is -0.883. The Labute approximate surface area is 133 Å². The van der Waals surface area contributed by atoms with Crippen molar-refractivity contribution in [2.45, 2.75) is 0 Å². The fraction of sp³-hybridized carbons (Fsp3) is 0.0667. The minimum Gasteiger partial charge on any atom is -0.343 e. The summed E-state index contributed by atoms with van der Waals surface area (Å²) in [7, 11) is 0. The molecule has 2 rings (SSSR count). The zero-order valence-electron chi connectivity index (χ0n) is 11.2. The lowest BCUT2D eigenvalue weighted by molar-refractivity contribution is -0.115. The molecule has 0 saturated heterocycles. The summed E-state index contributed by atoms with van der Waals surface area (Å²) < 4.78 is 27.5. The Morgan fingerprint density at radius 2 is 1.68 bits per heavy atom. The van der Waals surface area contributed by atoms with Crippen LogP contribution < -0.4 is 10.6 Å². The first-order chi connectivity index (χ1) is 10.5. The van der Waals surface area contributed by atoms with Crippen LogP contribution in [0.4, 0.5) is 14.5 Å². The second-order valence-corrected chi connectivity index (χ2v) is 5.25. The van der Waals surface area contributed by atoms with Gasteiger partial charge in [-0.2, -0.15) is 0 Å². The van der Waals surface area contributed by atoms with Gasteiger partial charge in [-0.3, -0.25) is 9.59 Å². The molecule has 0 aliphatic heterocycles. The summed E-state index contributed by atoms with van der Waals surface area (Å²) in [6, 6.07) is 9.84. The van der Waals surface area contributed by atoms with Crippen LogP contribution in [-0.4, -0.2) is 18.4 Å². The molecule has 0 unspecified atom stereocenters. The van der Waals surface area contributed by atoms with E-state index in [1.807, 2.05) is 0 Å². The number of rotatable bonds is 4. The third-order valence-corrected chi connectivity index (χ3v) is 3.22. The Hall–Kier alpha value is -2.28. The standard InChI is InChI=1S/C15H11BrF2N2O2/c16-10-4-1-3-9(7-10)15(22)19-8-13(21)20-14-11(17)5-2-6-12(14)18/h1-7H,8H2,(H,19,22)(H,20,21). The fourth-order valence-corrected chi connectivity index (χ4v) is 2.09. The number of para-hydroxylation sites is 1. The molecule has 0 atom stereocenters. The van der Waals surface area contributed by atoms with Gasteiger partial charge in [-0.25, -0.2) is 8.78 Å². The quantitative estimate of drug-likeness (QED) is 0.870. The number of halogens is 3. The molecule has 0 fully saturated rings. The SMILES string of the molecule is O=C(CNC(=O)c1cccc(Br)c1)Nc1c(F)cccc1F. The lowest BCUT2D eigenvalue weighted by atomic mass is 10.2. The van der Waals surface area contributed by atoms with E-state index >= 15 is 0 Å². The van der Waals surface area contributed by atoms with Crippen molar-refractivity contribution in [3.63, 3.8) is 0 Å². The van der Waals surface area contributed by atoms with E-state index in [1.165, 1.54) is 6.07 Å². The lowest BCUT2D eigenvalue weighted by Gasteiger charge is -2.08. The Balaban J connectivity index is 1.94. The summed E-state index contributed by atoms with van der Waals surface area (Å²) in [5, 5.41) is 4.45. The van der Waals surface area contributed by atoms with Crippen LogP contribution in [0, 0.1) is 11.6 Å². The van der Waals surface area contributed by atoms with Crippen molar-refractivity contribution in [1.29, 1.82) is 0 Å². The Morgan fingerprint density at radius 1 is 1.05 bits per heavy atom. The van der Waals surface area contributed by atoms with E-state index in [9.17, 15) is 18.4 Å². The van der Waals surface area contributed by atoms with Crippen LogP contribution >= 0.6 is 15.9 Å². The number of amides is 2. The molecule has 0 saturated carbocycles. The molecule has 2 aromatic carbocycles. The number of hydrogen-bond acceptors (Lipinski definition) is 2. The van der Waals surface area contributed by atoms with Crippen molar-refractivity contribution in [2.24, 2.45) is 0 Å². The van der Waals surface area contributed by atoms with Gasteiger partial charge in [-0.05, 0) is 30.3 Å². The Bertz CT molecular complexity index is 702. The highest BCUT2D eigenvalue weighted by Gasteiger charge is 2.13. The van der Waals surface area contributed by atoms with Crippen LogP contribution in [0.1, 0.15) is 10.4 Å². The smallest absolute Gasteiger partial charge is 0.251 e. The zero-order chi connectivity index (χ0) is 16.1. The Kier molecular flexibility index (Phi) is 5.21. The van der Waals surface area contributed by atoms with Gasteiger partial charge in [0, 0.05) is 10.0 Å². The number of anilines is 1. The van der Waals surface area contributed by atoms with Crippen LogP contribution in [0.5, 0.6) is 0 Å². The molecule has 2 N–H and O–H groups in total.